The minimum Gasteiger partial charge on any atom is -0.338 e. The highest BCUT2D eigenvalue weighted by Gasteiger charge is 2.31. The second-order valence-electron chi connectivity index (χ2n) is 7.38. The number of anilines is 1. The predicted molar refractivity (Wildman–Crippen MR) is 112 cm³/mol. The van der Waals surface area contributed by atoms with Gasteiger partial charge >= 0.3 is 0 Å². The first-order valence-corrected chi connectivity index (χ1v) is 12.9. The van der Waals surface area contributed by atoms with E-state index in [0.29, 0.717) is 32.1 Å². The fraction of sp³-hybridized carbons (Fsp3) is 0.474. The molecule has 4 rings (SSSR count). The lowest BCUT2D eigenvalue weighted by Crippen LogP contribution is -2.49. The molecule has 0 aliphatic carbocycles. The minimum atomic E-state index is -3.80. The van der Waals surface area contributed by atoms with E-state index in [4.69, 9.17) is 0 Å². The van der Waals surface area contributed by atoms with Crippen LogP contribution in [0.15, 0.2) is 52.5 Å². The molecule has 0 bridgehead atoms. The van der Waals surface area contributed by atoms with Crippen molar-refractivity contribution in [3.05, 3.63) is 42.7 Å². The summed E-state index contributed by atoms with van der Waals surface area (Å²) in [4.78, 5) is 10.4. The Balaban J connectivity index is 1.52. The van der Waals surface area contributed by atoms with E-state index in [1.54, 1.807) is 18.5 Å². The van der Waals surface area contributed by atoms with Crippen LogP contribution in [0.1, 0.15) is 19.3 Å². The lowest BCUT2D eigenvalue weighted by Gasteiger charge is -2.34. The topological polar surface area (TPSA) is 104 Å². The molecule has 1 aromatic heterocycles. The third kappa shape index (κ3) is 4.20. The van der Waals surface area contributed by atoms with E-state index < -0.39 is 20.0 Å². The van der Waals surface area contributed by atoms with E-state index in [1.807, 2.05) is 4.90 Å². The Hall–Kier alpha value is -2.08. The molecular formula is C19H25N5O4S2. The van der Waals surface area contributed by atoms with E-state index in [2.05, 4.69) is 9.97 Å². The summed E-state index contributed by atoms with van der Waals surface area (Å²) in [7, 11) is -7.49. The van der Waals surface area contributed by atoms with Crippen molar-refractivity contribution >= 4 is 26.0 Å². The zero-order chi connectivity index (χ0) is 21.2. The molecule has 2 aromatic rings. The molecule has 30 heavy (non-hydrogen) atoms. The van der Waals surface area contributed by atoms with Gasteiger partial charge in [-0.25, -0.2) is 26.8 Å². The quantitative estimate of drug-likeness (QED) is 0.672. The van der Waals surface area contributed by atoms with Crippen LogP contribution < -0.4 is 4.90 Å². The Morgan fingerprint density at radius 1 is 0.667 bits per heavy atom. The molecule has 0 amide bonds. The summed E-state index contributed by atoms with van der Waals surface area (Å²) in [5.74, 6) is 0.573. The van der Waals surface area contributed by atoms with Crippen molar-refractivity contribution in [2.24, 2.45) is 0 Å². The van der Waals surface area contributed by atoms with Crippen molar-refractivity contribution in [3.8, 4) is 0 Å². The maximum atomic E-state index is 13.2. The molecule has 11 heteroatoms. The SMILES string of the molecule is O=S(=O)(c1cccc(S(=O)(=O)N2CCN(c3ncccn3)CC2)c1)N1CCCCC1. The van der Waals surface area contributed by atoms with Crippen LogP contribution in [0.5, 0.6) is 0 Å². The number of sulfonamides is 2. The van der Waals surface area contributed by atoms with Crippen LogP contribution in [-0.4, -0.2) is 74.7 Å². The summed E-state index contributed by atoms with van der Waals surface area (Å²) < 4.78 is 55.0. The standard InChI is InChI=1S/C19H25N5O4S2/c25-29(26,23-10-2-1-3-11-23)17-6-4-7-18(16-17)30(27,28)24-14-12-22(13-15-24)19-20-8-5-9-21-19/h4-9,16H,1-3,10-15H2. The van der Waals surface area contributed by atoms with Crippen molar-refractivity contribution < 1.29 is 16.8 Å². The average molecular weight is 452 g/mol. The molecule has 2 aliphatic rings. The zero-order valence-corrected chi connectivity index (χ0v) is 18.2. The van der Waals surface area contributed by atoms with Gasteiger partial charge in [-0.05, 0) is 37.1 Å². The first-order valence-electron chi connectivity index (χ1n) is 10.0. The van der Waals surface area contributed by atoms with Crippen LogP contribution in [0.25, 0.3) is 0 Å². The molecule has 1 aromatic carbocycles. The number of nitrogens with zero attached hydrogens (tertiary/aromatic N) is 5. The van der Waals surface area contributed by atoms with Crippen molar-refractivity contribution in [1.29, 1.82) is 0 Å². The fourth-order valence-electron chi connectivity index (χ4n) is 3.78. The highest BCUT2D eigenvalue weighted by atomic mass is 32.2. The van der Waals surface area contributed by atoms with Crippen molar-refractivity contribution in [1.82, 2.24) is 18.6 Å². The Labute approximate surface area is 177 Å². The normalized spacial score (nSPS) is 19.7. The summed E-state index contributed by atoms with van der Waals surface area (Å²) in [6, 6.07) is 7.43. The molecule has 0 saturated carbocycles. The Kier molecular flexibility index (Phi) is 6.05. The Bertz CT molecular complexity index is 1080. The van der Waals surface area contributed by atoms with E-state index in [9.17, 15) is 16.8 Å². The van der Waals surface area contributed by atoms with E-state index in [1.165, 1.54) is 32.9 Å². The molecule has 162 valence electrons. The van der Waals surface area contributed by atoms with E-state index in [-0.39, 0.29) is 22.9 Å². The maximum absolute atomic E-state index is 13.2. The molecule has 0 N–H and O–H groups in total. The van der Waals surface area contributed by atoms with Gasteiger partial charge in [0.05, 0.1) is 9.79 Å². The van der Waals surface area contributed by atoms with Crippen LogP contribution in [0.2, 0.25) is 0 Å². The molecule has 2 saturated heterocycles. The zero-order valence-electron chi connectivity index (χ0n) is 16.6. The van der Waals surface area contributed by atoms with Gasteiger partial charge in [-0.3, -0.25) is 0 Å². The van der Waals surface area contributed by atoms with Gasteiger partial charge in [-0.1, -0.05) is 12.5 Å². The molecule has 0 spiro atoms. The second kappa shape index (κ2) is 8.58. The van der Waals surface area contributed by atoms with Gasteiger partial charge in [0.1, 0.15) is 0 Å². The van der Waals surface area contributed by atoms with Gasteiger partial charge in [0, 0.05) is 51.7 Å². The molecule has 0 unspecified atom stereocenters. The Morgan fingerprint density at radius 2 is 1.20 bits per heavy atom. The molecule has 2 fully saturated rings. The number of hydrogen-bond acceptors (Lipinski definition) is 7. The molecular weight excluding hydrogens is 426 g/mol. The summed E-state index contributed by atoms with van der Waals surface area (Å²) in [6.45, 7) is 2.45. The van der Waals surface area contributed by atoms with Gasteiger partial charge in [-0.2, -0.15) is 8.61 Å². The summed E-state index contributed by atoms with van der Waals surface area (Å²) in [5, 5.41) is 0. The predicted octanol–water partition coefficient (Wildman–Crippen LogP) is 1.16. The van der Waals surface area contributed by atoms with Crippen LogP contribution in [0, 0.1) is 0 Å². The minimum absolute atomic E-state index is 0.00463. The lowest BCUT2D eigenvalue weighted by molar-refractivity contribution is 0.346. The largest absolute Gasteiger partial charge is 0.338 e. The number of benzene rings is 1. The van der Waals surface area contributed by atoms with Gasteiger partial charge in [0.15, 0.2) is 0 Å². The third-order valence-corrected chi connectivity index (χ3v) is 9.26. The molecule has 0 radical (unpaired) electrons. The molecule has 0 atom stereocenters. The number of hydrogen-bond donors (Lipinski definition) is 0. The van der Waals surface area contributed by atoms with Crippen LogP contribution in [0.4, 0.5) is 5.95 Å². The fourth-order valence-corrected chi connectivity index (χ4v) is 6.89. The van der Waals surface area contributed by atoms with Gasteiger partial charge < -0.3 is 4.90 Å². The number of aromatic nitrogens is 2. The molecule has 9 nitrogen and oxygen atoms in total. The van der Waals surface area contributed by atoms with Gasteiger partial charge in [0.25, 0.3) is 0 Å². The van der Waals surface area contributed by atoms with Gasteiger partial charge in [0.2, 0.25) is 26.0 Å². The smallest absolute Gasteiger partial charge is 0.243 e. The van der Waals surface area contributed by atoms with Crippen LogP contribution in [0.3, 0.4) is 0 Å². The van der Waals surface area contributed by atoms with E-state index >= 15 is 0 Å². The number of piperazine rings is 1. The van der Waals surface area contributed by atoms with Gasteiger partial charge in [-0.15, -0.1) is 0 Å². The monoisotopic (exact) mass is 451 g/mol. The second-order valence-corrected chi connectivity index (χ2v) is 11.3. The summed E-state index contributed by atoms with van der Waals surface area (Å²) in [5.41, 5.74) is 0. The highest BCUT2D eigenvalue weighted by Crippen LogP contribution is 2.25. The summed E-state index contributed by atoms with van der Waals surface area (Å²) >= 11 is 0. The number of piperidine rings is 1. The van der Waals surface area contributed by atoms with E-state index in [0.717, 1.165) is 19.3 Å². The first-order chi connectivity index (χ1) is 14.4. The molecule has 2 aliphatic heterocycles. The molecule has 3 heterocycles. The first kappa shape index (κ1) is 21.2. The third-order valence-electron chi connectivity index (χ3n) is 5.47. The lowest BCUT2D eigenvalue weighted by atomic mass is 10.2. The van der Waals surface area contributed by atoms with Crippen molar-refractivity contribution in [2.45, 2.75) is 29.1 Å². The van der Waals surface area contributed by atoms with Crippen molar-refractivity contribution in [3.63, 3.8) is 0 Å². The summed E-state index contributed by atoms with van der Waals surface area (Å²) in [6.07, 6.45) is 5.97. The van der Waals surface area contributed by atoms with Crippen molar-refractivity contribution in [2.75, 3.05) is 44.2 Å². The Morgan fingerprint density at radius 3 is 1.77 bits per heavy atom. The van der Waals surface area contributed by atoms with Crippen LogP contribution in [-0.2, 0) is 20.0 Å². The van der Waals surface area contributed by atoms with Crippen LogP contribution >= 0.6 is 0 Å². The average Bonchev–Trinajstić information content (AvgIpc) is 2.80. The number of rotatable bonds is 5. The highest BCUT2D eigenvalue weighted by molar-refractivity contribution is 7.90. The maximum Gasteiger partial charge on any atom is 0.243 e.